The van der Waals surface area contributed by atoms with E-state index >= 15 is 0 Å². The highest BCUT2D eigenvalue weighted by Crippen LogP contribution is 2.22. The quantitative estimate of drug-likeness (QED) is 0.878. The molecule has 21 heavy (non-hydrogen) atoms. The molecule has 0 atom stereocenters. The highest BCUT2D eigenvalue weighted by atomic mass is 16.1. The lowest BCUT2D eigenvalue weighted by Crippen LogP contribution is -2.16. The van der Waals surface area contributed by atoms with Gasteiger partial charge in [-0.15, -0.1) is 0 Å². The fourth-order valence-electron chi connectivity index (χ4n) is 2.27. The molecule has 0 aliphatic rings. The predicted molar refractivity (Wildman–Crippen MR) is 89.2 cm³/mol. The van der Waals surface area contributed by atoms with E-state index in [-0.39, 0.29) is 5.91 Å². The fraction of sp³-hybridized carbons (Fsp3) is 0.278. The van der Waals surface area contributed by atoms with E-state index in [2.05, 4.69) is 10.6 Å². The molecule has 2 rings (SSSR count). The first-order valence-electron chi connectivity index (χ1n) is 7.25. The van der Waals surface area contributed by atoms with Crippen molar-refractivity contribution in [3.05, 3.63) is 58.7 Å². The van der Waals surface area contributed by atoms with Crippen molar-refractivity contribution in [3.8, 4) is 0 Å². The summed E-state index contributed by atoms with van der Waals surface area (Å²) in [5, 5.41) is 6.25. The summed E-state index contributed by atoms with van der Waals surface area (Å²) in [6.07, 6.45) is 0. The Morgan fingerprint density at radius 2 is 1.81 bits per heavy atom. The molecule has 110 valence electrons. The van der Waals surface area contributed by atoms with Gasteiger partial charge in [0.1, 0.15) is 0 Å². The Hall–Kier alpha value is -2.29. The van der Waals surface area contributed by atoms with E-state index in [1.807, 2.05) is 64.1 Å². The summed E-state index contributed by atoms with van der Waals surface area (Å²) in [5.74, 6) is -0.0802. The number of aryl methyl sites for hydroxylation is 2. The van der Waals surface area contributed by atoms with E-state index in [1.165, 1.54) is 5.56 Å². The maximum Gasteiger partial charge on any atom is 0.257 e. The molecule has 0 fully saturated rings. The van der Waals surface area contributed by atoms with E-state index in [0.29, 0.717) is 5.56 Å². The molecule has 0 spiro atoms. The molecule has 0 heterocycles. The molecule has 0 radical (unpaired) electrons. The summed E-state index contributed by atoms with van der Waals surface area (Å²) in [7, 11) is 0. The lowest BCUT2D eigenvalue weighted by molar-refractivity contribution is 0.102. The van der Waals surface area contributed by atoms with Gasteiger partial charge in [-0.25, -0.2) is 0 Å². The Kier molecular flexibility index (Phi) is 4.63. The maximum absolute atomic E-state index is 12.6. The number of benzene rings is 2. The van der Waals surface area contributed by atoms with Gasteiger partial charge in [-0.05, 0) is 57.0 Å². The van der Waals surface area contributed by atoms with Crippen molar-refractivity contribution >= 4 is 17.3 Å². The molecule has 0 aliphatic heterocycles. The summed E-state index contributed by atoms with van der Waals surface area (Å²) in [4.78, 5) is 12.6. The number of carbonyl (C=O) groups is 1. The number of nitrogens with one attached hydrogen (secondary N) is 2. The zero-order valence-corrected chi connectivity index (χ0v) is 13.1. The van der Waals surface area contributed by atoms with Crippen LogP contribution in [0.5, 0.6) is 0 Å². The van der Waals surface area contributed by atoms with Crippen LogP contribution in [-0.4, -0.2) is 12.5 Å². The Labute approximate surface area is 126 Å². The second-order valence-corrected chi connectivity index (χ2v) is 5.28. The molecule has 2 aromatic carbocycles. The zero-order valence-electron chi connectivity index (χ0n) is 13.1. The molecule has 0 saturated carbocycles. The first kappa shape index (κ1) is 15.1. The second-order valence-electron chi connectivity index (χ2n) is 5.28. The third kappa shape index (κ3) is 3.43. The molecular formula is C18H22N2O. The minimum atomic E-state index is -0.0802. The number of hydrogen-bond acceptors (Lipinski definition) is 2. The lowest BCUT2D eigenvalue weighted by Gasteiger charge is -2.14. The lowest BCUT2D eigenvalue weighted by atomic mass is 10.1. The molecule has 0 aliphatic carbocycles. The molecule has 3 heteroatoms. The Morgan fingerprint density at radius 1 is 1.05 bits per heavy atom. The normalized spacial score (nSPS) is 10.3. The molecule has 0 unspecified atom stereocenters. The Balaban J connectivity index is 2.32. The zero-order chi connectivity index (χ0) is 15.4. The van der Waals surface area contributed by atoms with Gasteiger partial charge >= 0.3 is 0 Å². The van der Waals surface area contributed by atoms with Crippen molar-refractivity contribution in [3.63, 3.8) is 0 Å². The maximum atomic E-state index is 12.6. The summed E-state index contributed by atoms with van der Waals surface area (Å²) in [6.45, 7) is 8.86. The van der Waals surface area contributed by atoms with Crippen molar-refractivity contribution in [2.45, 2.75) is 27.7 Å². The topological polar surface area (TPSA) is 41.1 Å². The van der Waals surface area contributed by atoms with Gasteiger partial charge in [0.2, 0.25) is 0 Å². The average Bonchev–Trinajstić information content (AvgIpc) is 2.46. The summed E-state index contributed by atoms with van der Waals surface area (Å²) in [5.41, 5.74) is 5.75. The van der Waals surface area contributed by atoms with Crippen LogP contribution in [-0.2, 0) is 0 Å². The number of carbonyl (C=O) groups excluding carboxylic acids is 1. The van der Waals surface area contributed by atoms with Crippen LogP contribution in [0.25, 0.3) is 0 Å². The molecule has 2 aromatic rings. The predicted octanol–water partition coefficient (Wildman–Crippen LogP) is 4.30. The van der Waals surface area contributed by atoms with Crippen molar-refractivity contribution in [1.29, 1.82) is 0 Å². The monoisotopic (exact) mass is 282 g/mol. The minimum absolute atomic E-state index is 0.0802. The third-order valence-electron chi connectivity index (χ3n) is 3.64. The van der Waals surface area contributed by atoms with Crippen LogP contribution < -0.4 is 10.6 Å². The van der Waals surface area contributed by atoms with E-state index in [9.17, 15) is 4.79 Å². The van der Waals surface area contributed by atoms with Crippen LogP contribution in [0.1, 0.15) is 34.0 Å². The first-order valence-corrected chi connectivity index (χ1v) is 7.25. The van der Waals surface area contributed by atoms with Gasteiger partial charge in [0.15, 0.2) is 0 Å². The number of hydrogen-bond donors (Lipinski definition) is 2. The second kappa shape index (κ2) is 6.44. The number of rotatable bonds is 4. The fourth-order valence-corrected chi connectivity index (χ4v) is 2.27. The van der Waals surface area contributed by atoms with Crippen LogP contribution >= 0.6 is 0 Å². The third-order valence-corrected chi connectivity index (χ3v) is 3.64. The number of amides is 1. The van der Waals surface area contributed by atoms with Crippen LogP contribution in [0.15, 0.2) is 36.4 Å². The van der Waals surface area contributed by atoms with Gasteiger partial charge in [0.05, 0.1) is 5.56 Å². The molecule has 0 bridgehead atoms. The Bertz CT molecular complexity index is 662. The first-order chi connectivity index (χ1) is 10.0. The van der Waals surface area contributed by atoms with Gasteiger partial charge in [-0.1, -0.05) is 23.8 Å². The van der Waals surface area contributed by atoms with Crippen LogP contribution in [0, 0.1) is 20.8 Å². The van der Waals surface area contributed by atoms with Crippen LogP contribution in [0.2, 0.25) is 0 Å². The highest BCUT2D eigenvalue weighted by Gasteiger charge is 2.13. The van der Waals surface area contributed by atoms with E-state index in [1.54, 1.807) is 0 Å². The summed E-state index contributed by atoms with van der Waals surface area (Å²) >= 11 is 0. The van der Waals surface area contributed by atoms with E-state index in [4.69, 9.17) is 0 Å². The molecule has 0 saturated heterocycles. The molecular weight excluding hydrogens is 260 g/mol. The van der Waals surface area contributed by atoms with Gasteiger partial charge < -0.3 is 10.6 Å². The number of anilines is 2. The summed E-state index contributed by atoms with van der Waals surface area (Å²) < 4.78 is 0. The van der Waals surface area contributed by atoms with Gasteiger partial charge in [-0.2, -0.15) is 0 Å². The van der Waals surface area contributed by atoms with Gasteiger partial charge in [-0.3, -0.25) is 4.79 Å². The average molecular weight is 282 g/mol. The van der Waals surface area contributed by atoms with Crippen LogP contribution in [0.3, 0.4) is 0 Å². The SMILES string of the molecule is CCNc1ccc(C)cc1C(=O)Nc1cccc(C)c1C. The molecule has 3 nitrogen and oxygen atoms in total. The smallest absolute Gasteiger partial charge is 0.257 e. The van der Waals surface area contributed by atoms with Crippen LogP contribution in [0.4, 0.5) is 11.4 Å². The molecule has 2 N–H and O–H groups in total. The highest BCUT2D eigenvalue weighted by molar-refractivity contribution is 6.08. The van der Waals surface area contributed by atoms with Crippen molar-refractivity contribution in [2.75, 3.05) is 17.2 Å². The minimum Gasteiger partial charge on any atom is -0.385 e. The molecule has 1 amide bonds. The van der Waals surface area contributed by atoms with E-state index < -0.39 is 0 Å². The summed E-state index contributed by atoms with van der Waals surface area (Å²) in [6, 6.07) is 11.8. The van der Waals surface area contributed by atoms with Gasteiger partial charge in [0.25, 0.3) is 5.91 Å². The molecule has 0 aromatic heterocycles. The standard InChI is InChI=1S/C18H22N2O/c1-5-19-17-10-9-12(2)11-15(17)18(21)20-16-8-6-7-13(3)14(16)4/h6-11,19H,5H2,1-4H3,(H,20,21). The van der Waals surface area contributed by atoms with Crippen molar-refractivity contribution in [2.24, 2.45) is 0 Å². The van der Waals surface area contributed by atoms with E-state index in [0.717, 1.165) is 29.0 Å². The van der Waals surface area contributed by atoms with Gasteiger partial charge in [0, 0.05) is 17.9 Å². The van der Waals surface area contributed by atoms with Crippen molar-refractivity contribution < 1.29 is 4.79 Å². The Morgan fingerprint density at radius 3 is 2.52 bits per heavy atom. The largest absolute Gasteiger partial charge is 0.385 e. The van der Waals surface area contributed by atoms with Crippen molar-refractivity contribution in [1.82, 2.24) is 0 Å².